The van der Waals surface area contributed by atoms with Gasteiger partial charge >= 0.3 is 5.97 Å². The van der Waals surface area contributed by atoms with Crippen LogP contribution in [-0.4, -0.2) is 35.5 Å². The molecule has 2 aromatic rings. The second kappa shape index (κ2) is 8.15. The average Bonchev–Trinajstić information content (AvgIpc) is 3.27. The Labute approximate surface area is 181 Å². The van der Waals surface area contributed by atoms with Crippen molar-refractivity contribution < 1.29 is 24.2 Å². The molecule has 0 aromatic heterocycles. The summed E-state index contributed by atoms with van der Waals surface area (Å²) in [6.07, 6.45) is 1.90. The van der Waals surface area contributed by atoms with Crippen molar-refractivity contribution in [3.05, 3.63) is 60.2 Å². The van der Waals surface area contributed by atoms with E-state index in [2.05, 4.69) is 5.32 Å². The minimum Gasteiger partial charge on any atom is -0.508 e. The molecule has 2 amide bonds. The highest BCUT2D eigenvalue weighted by atomic mass is 16.5. The van der Waals surface area contributed by atoms with E-state index >= 15 is 0 Å². The number of esters is 1. The predicted molar refractivity (Wildman–Crippen MR) is 114 cm³/mol. The molecule has 2 aliphatic heterocycles. The topological polar surface area (TPSA) is 95.9 Å². The second-order valence-electron chi connectivity index (χ2n) is 8.13. The molecule has 31 heavy (non-hydrogen) atoms. The minimum absolute atomic E-state index is 0.100. The summed E-state index contributed by atoms with van der Waals surface area (Å²) in [5.74, 6) is -2.80. The Morgan fingerprint density at radius 3 is 2.39 bits per heavy atom. The largest absolute Gasteiger partial charge is 0.508 e. The molecule has 0 radical (unpaired) electrons. The Hall–Kier alpha value is -3.19. The van der Waals surface area contributed by atoms with E-state index < -0.39 is 35.3 Å². The number of fused-ring (bicyclic) bond motifs is 1. The van der Waals surface area contributed by atoms with Crippen LogP contribution in [0.1, 0.15) is 37.8 Å². The highest BCUT2D eigenvalue weighted by molar-refractivity contribution is 6.24. The molecule has 2 aliphatic rings. The van der Waals surface area contributed by atoms with Crippen LogP contribution in [0.5, 0.6) is 5.75 Å². The van der Waals surface area contributed by atoms with Crippen LogP contribution in [-0.2, 0) is 19.1 Å². The van der Waals surface area contributed by atoms with Crippen LogP contribution in [0, 0.1) is 11.8 Å². The fraction of sp³-hybridized carbons (Fsp3) is 0.375. The molecule has 0 spiro atoms. The lowest BCUT2D eigenvalue weighted by Gasteiger charge is -2.32. The van der Waals surface area contributed by atoms with Gasteiger partial charge in [-0.25, -0.2) is 4.90 Å². The number of amides is 2. The van der Waals surface area contributed by atoms with E-state index in [0.29, 0.717) is 18.5 Å². The van der Waals surface area contributed by atoms with Gasteiger partial charge in [0.15, 0.2) is 0 Å². The summed E-state index contributed by atoms with van der Waals surface area (Å²) >= 11 is 0. The Morgan fingerprint density at radius 1 is 1.10 bits per heavy atom. The number of benzene rings is 2. The van der Waals surface area contributed by atoms with Gasteiger partial charge in [-0.2, -0.15) is 0 Å². The van der Waals surface area contributed by atoms with Crippen LogP contribution in [0.25, 0.3) is 0 Å². The lowest BCUT2D eigenvalue weighted by Crippen LogP contribution is -2.56. The number of nitrogens with zero attached hydrogens (tertiary/aromatic N) is 1. The highest BCUT2D eigenvalue weighted by Crippen LogP contribution is 2.51. The number of phenolic OH excluding ortho intramolecular Hbond substituents is 1. The van der Waals surface area contributed by atoms with Crippen molar-refractivity contribution in [2.45, 2.75) is 37.8 Å². The summed E-state index contributed by atoms with van der Waals surface area (Å²) in [7, 11) is 1.30. The number of phenols is 1. The first kappa shape index (κ1) is 21.1. The maximum Gasteiger partial charge on any atom is 0.326 e. The molecular formula is C24H26N2O5. The summed E-state index contributed by atoms with van der Waals surface area (Å²) < 4.78 is 5.15. The predicted octanol–water partition coefficient (Wildman–Crippen LogP) is 2.94. The third kappa shape index (κ3) is 3.29. The lowest BCUT2D eigenvalue weighted by molar-refractivity contribution is -0.152. The van der Waals surface area contributed by atoms with Gasteiger partial charge in [-0.3, -0.25) is 19.7 Å². The van der Waals surface area contributed by atoms with Crippen molar-refractivity contribution in [2.24, 2.45) is 11.8 Å². The van der Waals surface area contributed by atoms with Crippen LogP contribution in [0.15, 0.2) is 54.6 Å². The second-order valence-corrected chi connectivity index (χ2v) is 8.13. The van der Waals surface area contributed by atoms with E-state index in [1.165, 1.54) is 24.1 Å². The van der Waals surface area contributed by atoms with Crippen LogP contribution in [0.4, 0.5) is 5.69 Å². The van der Waals surface area contributed by atoms with Crippen molar-refractivity contribution >= 4 is 23.5 Å². The first-order chi connectivity index (χ1) is 14.9. The molecule has 2 saturated heterocycles. The van der Waals surface area contributed by atoms with Crippen LogP contribution >= 0.6 is 0 Å². The van der Waals surface area contributed by atoms with Gasteiger partial charge in [0.05, 0.1) is 24.6 Å². The highest BCUT2D eigenvalue weighted by Gasteiger charge is 2.68. The molecule has 2 N–H and O–H groups in total. The molecule has 2 fully saturated rings. The van der Waals surface area contributed by atoms with Gasteiger partial charge in [0, 0.05) is 6.04 Å². The normalized spacial score (nSPS) is 27.4. The number of hydrogen-bond acceptors (Lipinski definition) is 6. The van der Waals surface area contributed by atoms with E-state index in [9.17, 15) is 19.5 Å². The number of aromatic hydroxyl groups is 1. The zero-order valence-electron chi connectivity index (χ0n) is 17.6. The molecule has 7 nitrogen and oxygen atoms in total. The van der Waals surface area contributed by atoms with Crippen molar-refractivity contribution in [1.82, 2.24) is 5.32 Å². The molecule has 2 heterocycles. The fourth-order valence-corrected chi connectivity index (χ4v) is 4.96. The first-order valence-electron chi connectivity index (χ1n) is 10.5. The number of hydrogen-bond donors (Lipinski definition) is 2. The Bertz CT molecular complexity index is 991. The molecule has 2 aromatic carbocycles. The van der Waals surface area contributed by atoms with Gasteiger partial charge in [0.1, 0.15) is 11.3 Å². The Balaban J connectivity index is 1.85. The summed E-state index contributed by atoms with van der Waals surface area (Å²) in [6, 6.07) is 14.7. The van der Waals surface area contributed by atoms with E-state index in [1.807, 2.05) is 13.0 Å². The Kier molecular flexibility index (Phi) is 5.54. The summed E-state index contributed by atoms with van der Waals surface area (Å²) in [5, 5.41) is 13.0. The van der Waals surface area contributed by atoms with Crippen molar-refractivity contribution in [3.63, 3.8) is 0 Å². The number of carbonyl (C=O) groups excluding carboxylic acids is 3. The van der Waals surface area contributed by atoms with Gasteiger partial charge in [0.2, 0.25) is 11.8 Å². The van der Waals surface area contributed by atoms with Gasteiger partial charge in [-0.1, -0.05) is 50.1 Å². The zero-order valence-corrected chi connectivity index (χ0v) is 17.6. The van der Waals surface area contributed by atoms with Gasteiger partial charge in [-0.15, -0.1) is 0 Å². The Morgan fingerprint density at radius 2 is 1.77 bits per heavy atom. The van der Waals surface area contributed by atoms with E-state index in [-0.39, 0.29) is 11.7 Å². The van der Waals surface area contributed by atoms with Crippen LogP contribution < -0.4 is 10.2 Å². The van der Waals surface area contributed by atoms with Crippen LogP contribution in [0.2, 0.25) is 0 Å². The quantitative estimate of drug-likeness (QED) is 0.549. The summed E-state index contributed by atoms with van der Waals surface area (Å²) in [5.41, 5.74) is -0.0782. The lowest BCUT2D eigenvalue weighted by atomic mass is 9.76. The molecule has 4 rings (SSSR count). The monoisotopic (exact) mass is 422 g/mol. The fourth-order valence-electron chi connectivity index (χ4n) is 4.96. The number of anilines is 1. The maximum absolute atomic E-state index is 13.6. The molecule has 0 aliphatic carbocycles. The number of imide groups is 1. The van der Waals surface area contributed by atoms with E-state index in [0.717, 1.165) is 12.0 Å². The third-order valence-electron chi connectivity index (χ3n) is 6.40. The minimum atomic E-state index is -1.30. The zero-order chi connectivity index (χ0) is 22.2. The smallest absolute Gasteiger partial charge is 0.326 e. The number of methoxy groups -OCH3 is 1. The van der Waals surface area contributed by atoms with Gasteiger partial charge < -0.3 is 9.84 Å². The van der Waals surface area contributed by atoms with E-state index in [1.54, 1.807) is 36.4 Å². The number of rotatable bonds is 6. The van der Waals surface area contributed by atoms with Crippen molar-refractivity contribution in [2.75, 3.05) is 12.0 Å². The first-order valence-corrected chi connectivity index (χ1v) is 10.5. The number of ether oxygens (including phenoxy) is 1. The molecule has 0 bridgehead atoms. The van der Waals surface area contributed by atoms with Crippen molar-refractivity contribution in [3.8, 4) is 5.75 Å². The summed E-state index contributed by atoms with van der Waals surface area (Å²) in [4.78, 5) is 41.5. The number of unbranched alkanes of at least 4 members (excludes halogenated alkanes) is 1. The number of para-hydroxylation sites is 1. The van der Waals surface area contributed by atoms with Crippen LogP contribution in [0.3, 0.4) is 0 Å². The van der Waals surface area contributed by atoms with E-state index in [4.69, 9.17) is 4.74 Å². The molecule has 0 unspecified atom stereocenters. The van der Waals surface area contributed by atoms with Gasteiger partial charge in [0.25, 0.3) is 0 Å². The number of nitrogens with one attached hydrogen (secondary N) is 1. The van der Waals surface area contributed by atoms with Gasteiger partial charge in [-0.05, 0) is 36.2 Å². The number of carbonyl (C=O) groups is 3. The summed E-state index contributed by atoms with van der Waals surface area (Å²) in [6.45, 7) is 2.01. The molecule has 4 atom stereocenters. The molecule has 7 heteroatoms. The molecular weight excluding hydrogens is 396 g/mol. The SMILES string of the molecule is CCCC[C@]1(C(=O)OC)N[C@H](c2ccc(O)cc2)[C@@H]2C(=O)N(c3ccccc3)C(=O)[C@H]21. The standard InChI is InChI=1S/C24H26N2O5/c1-3-4-14-24(23(30)31-2)19-18(20(25-24)15-10-12-17(27)13-11-15)21(28)26(22(19)29)16-8-6-5-7-9-16/h5-13,18-20,25,27H,3-4,14H2,1-2H3/t18-,19+,20-,24+/m1/s1. The third-order valence-corrected chi connectivity index (χ3v) is 6.40. The molecule has 162 valence electrons. The maximum atomic E-state index is 13.6. The molecule has 0 saturated carbocycles. The average molecular weight is 422 g/mol. The van der Waals surface area contributed by atoms with Crippen molar-refractivity contribution in [1.29, 1.82) is 0 Å².